The summed E-state index contributed by atoms with van der Waals surface area (Å²) in [5.41, 5.74) is 0.858. The molecular formula is C15H18ClNO3. The topological polar surface area (TPSA) is 66.4 Å². The molecule has 4 nitrogen and oxygen atoms in total. The van der Waals surface area contributed by atoms with Crippen molar-refractivity contribution in [3.63, 3.8) is 0 Å². The molecule has 0 aliphatic heterocycles. The Hall–Kier alpha value is -1.55. The third kappa shape index (κ3) is 3.97. The molecule has 0 saturated heterocycles. The minimum atomic E-state index is -0.753. The summed E-state index contributed by atoms with van der Waals surface area (Å²) < 4.78 is 0. The first-order chi connectivity index (χ1) is 9.56. The number of carboxylic acids is 1. The van der Waals surface area contributed by atoms with Crippen molar-refractivity contribution in [1.82, 2.24) is 5.32 Å². The fourth-order valence-electron chi connectivity index (χ4n) is 2.75. The molecular weight excluding hydrogens is 278 g/mol. The van der Waals surface area contributed by atoms with Gasteiger partial charge in [-0.05, 0) is 36.5 Å². The van der Waals surface area contributed by atoms with Crippen LogP contribution in [-0.2, 0) is 16.0 Å². The highest BCUT2D eigenvalue weighted by Gasteiger charge is 2.32. The number of carbonyl (C=O) groups excluding carboxylic acids is 1. The normalized spacial score (nSPS) is 21.6. The lowest BCUT2D eigenvalue weighted by Gasteiger charge is -2.16. The van der Waals surface area contributed by atoms with Gasteiger partial charge in [-0.25, -0.2) is 0 Å². The molecule has 1 aliphatic rings. The smallest absolute Gasteiger partial charge is 0.306 e. The molecule has 1 saturated carbocycles. The van der Waals surface area contributed by atoms with Crippen LogP contribution in [0, 0.1) is 11.8 Å². The fraction of sp³-hybridized carbons (Fsp3) is 0.467. The zero-order chi connectivity index (χ0) is 14.5. The van der Waals surface area contributed by atoms with Gasteiger partial charge in [0.25, 0.3) is 0 Å². The molecule has 1 aliphatic carbocycles. The predicted molar refractivity (Wildman–Crippen MR) is 76.6 cm³/mol. The van der Waals surface area contributed by atoms with E-state index in [1.165, 1.54) is 0 Å². The number of halogens is 1. The Morgan fingerprint density at radius 3 is 2.85 bits per heavy atom. The molecule has 2 unspecified atom stereocenters. The van der Waals surface area contributed by atoms with E-state index in [1.807, 2.05) is 12.1 Å². The molecule has 2 N–H and O–H groups in total. The Balaban J connectivity index is 1.82. The molecule has 0 spiro atoms. The Labute approximate surface area is 123 Å². The molecule has 0 radical (unpaired) electrons. The maximum absolute atomic E-state index is 11.9. The Morgan fingerprint density at radius 1 is 1.35 bits per heavy atom. The van der Waals surface area contributed by atoms with E-state index in [1.54, 1.807) is 12.1 Å². The number of nitrogens with one attached hydrogen (secondary N) is 1. The Morgan fingerprint density at radius 2 is 2.15 bits per heavy atom. The molecule has 0 bridgehead atoms. The summed E-state index contributed by atoms with van der Waals surface area (Å²) in [5, 5.41) is 12.5. The summed E-state index contributed by atoms with van der Waals surface area (Å²) >= 11 is 5.87. The van der Waals surface area contributed by atoms with Crippen LogP contribution in [0.25, 0.3) is 0 Å². The molecule has 1 aromatic carbocycles. The van der Waals surface area contributed by atoms with Crippen LogP contribution in [0.1, 0.15) is 24.8 Å². The van der Waals surface area contributed by atoms with Gasteiger partial charge < -0.3 is 10.4 Å². The molecule has 1 aromatic rings. The molecule has 1 amide bonds. The third-order valence-electron chi connectivity index (χ3n) is 3.79. The van der Waals surface area contributed by atoms with Gasteiger partial charge in [-0.15, -0.1) is 0 Å². The molecule has 5 heteroatoms. The van der Waals surface area contributed by atoms with Crippen molar-refractivity contribution < 1.29 is 14.7 Å². The van der Waals surface area contributed by atoms with Crippen LogP contribution in [0.15, 0.2) is 24.3 Å². The molecule has 1 fully saturated rings. The van der Waals surface area contributed by atoms with Crippen molar-refractivity contribution in [2.75, 3.05) is 6.54 Å². The quantitative estimate of drug-likeness (QED) is 0.877. The van der Waals surface area contributed by atoms with E-state index >= 15 is 0 Å². The fourth-order valence-corrected chi connectivity index (χ4v) is 2.96. The van der Waals surface area contributed by atoms with E-state index in [0.717, 1.165) is 18.4 Å². The van der Waals surface area contributed by atoms with Crippen LogP contribution in [0.3, 0.4) is 0 Å². The van der Waals surface area contributed by atoms with Crippen LogP contribution in [-0.4, -0.2) is 23.5 Å². The number of hydrogen-bond donors (Lipinski definition) is 2. The number of carboxylic acid groups (broad SMARTS) is 1. The van der Waals surface area contributed by atoms with Crippen LogP contribution < -0.4 is 5.32 Å². The summed E-state index contributed by atoms with van der Waals surface area (Å²) in [7, 11) is 0. The third-order valence-corrected chi connectivity index (χ3v) is 4.03. The van der Waals surface area contributed by atoms with Gasteiger partial charge in [0, 0.05) is 11.6 Å². The van der Waals surface area contributed by atoms with E-state index in [-0.39, 0.29) is 24.2 Å². The van der Waals surface area contributed by atoms with Crippen molar-refractivity contribution in [3.8, 4) is 0 Å². The van der Waals surface area contributed by atoms with Gasteiger partial charge >= 0.3 is 5.97 Å². The predicted octanol–water partition coefficient (Wildman–Crippen LogP) is 2.50. The average molecular weight is 296 g/mol. The van der Waals surface area contributed by atoms with E-state index in [0.29, 0.717) is 18.0 Å². The minimum absolute atomic E-state index is 0.0517. The summed E-state index contributed by atoms with van der Waals surface area (Å²) in [6.45, 7) is 0.441. The largest absolute Gasteiger partial charge is 0.481 e. The van der Waals surface area contributed by atoms with Gasteiger partial charge in [0.15, 0.2) is 0 Å². The van der Waals surface area contributed by atoms with Crippen molar-refractivity contribution in [2.24, 2.45) is 11.8 Å². The first-order valence-corrected chi connectivity index (χ1v) is 7.18. The molecule has 2 atom stereocenters. The van der Waals surface area contributed by atoms with Gasteiger partial charge in [-0.1, -0.05) is 30.2 Å². The van der Waals surface area contributed by atoms with Crippen LogP contribution in [0.2, 0.25) is 5.02 Å². The van der Waals surface area contributed by atoms with Gasteiger partial charge in [0.1, 0.15) is 0 Å². The summed E-state index contributed by atoms with van der Waals surface area (Å²) in [6, 6.07) is 7.18. The van der Waals surface area contributed by atoms with Crippen molar-refractivity contribution in [3.05, 3.63) is 34.9 Å². The van der Waals surface area contributed by atoms with Crippen LogP contribution in [0.5, 0.6) is 0 Å². The van der Waals surface area contributed by atoms with Crippen molar-refractivity contribution in [2.45, 2.75) is 25.7 Å². The SMILES string of the molecule is O=C(Cc1cccc(Cl)c1)NCC1CCCC1C(=O)O. The minimum Gasteiger partial charge on any atom is -0.481 e. The summed E-state index contributed by atoms with van der Waals surface area (Å²) in [4.78, 5) is 22.9. The molecule has 0 aromatic heterocycles. The molecule has 20 heavy (non-hydrogen) atoms. The van der Waals surface area contributed by atoms with Gasteiger partial charge in [0.05, 0.1) is 12.3 Å². The maximum Gasteiger partial charge on any atom is 0.306 e. The first-order valence-electron chi connectivity index (χ1n) is 6.80. The van der Waals surface area contributed by atoms with E-state index in [9.17, 15) is 9.59 Å². The number of hydrogen-bond acceptors (Lipinski definition) is 2. The molecule has 0 heterocycles. The number of aliphatic carboxylic acids is 1. The van der Waals surface area contributed by atoms with Crippen molar-refractivity contribution >= 4 is 23.5 Å². The van der Waals surface area contributed by atoms with E-state index < -0.39 is 5.97 Å². The second-order valence-electron chi connectivity index (χ2n) is 5.25. The highest BCUT2D eigenvalue weighted by Crippen LogP contribution is 2.31. The molecule has 108 valence electrons. The summed E-state index contributed by atoms with van der Waals surface area (Å²) in [6.07, 6.45) is 2.77. The maximum atomic E-state index is 11.9. The standard InChI is InChI=1S/C15H18ClNO3/c16-12-5-1-3-10(7-12)8-14(18)17-9-11-4-2-6-13(11)15(19)20/h1,3,5,7,11,13H,2,4,6,8-9H2,(H,17,18)(H,19,20). The van der Waals surface area contributed by atoms with Gasteiger partial charge in [0.2, 0.25) is 5.91 Å². The molecule has 2 rings (SSSR count). The first kappa shape index (κ1) is 14.9. The van der Waals surface area contributed by atoms with Gasteiger partial charge in [-0.3, -0.25) is 9.59 Å². The summed E-state index contributed by atoms with van der Waals surface area (Å²) in [5.74, 6) is -1.11. The highest BCUT2D eigenvalue weighted by atomic mass is 35.5. The Kier molecular flexibility index (Phi) is 5.01. The van der Waals surface area contributed by atoms with E-state index in [2.05, 4.69) is 5.32 Å². The number of carbonyl (C=O) groups is 2. The monoisotopic (exact) mass is 295 g/mol. The van der Waals surface area contributed by atoms with Crippen LogP contribution in [0.4, 0.5) is 0 Å². The van der Waals surface area contributed by atoms with Gasteiger partial charge in [-0.2, -0.15) is 0 Å². The second kappa shape index (κ2) is 6.75. The highest BCUT2D eigenvalue weighted by molar-refractivity contribution is 6.30. The lowest BCUT2D eigenvalue weighted by atomic mass is 9.96. The zero-order valence-electron chi connectivity index (χ0n) is 11.1. The number of benzene rings is 1. The second-order valence-corrected chi connectivity index (χ2v) is 5.68. The zero-order valence-corrected chi connectivity index (χ0v) is 11.9. The van der Waals surface area contributed by atoms with Crippen molar-refractivity contribution in [1.29, 1.82) is 0 Å². The van der Waals surface area contributed by atoms with E-state index in [4.69, 9.17) is 16.7 Å². The number of amides is 1. The van der Waals surface area contributed by atoms with Crippen LogP contribution >= 0.6 is 11.6 Å². The Bertz CT molecular complexity index is 504. The number of rotatable bonds is 5. The lowest BCUT2D eigenvalue weighted by Crippen LogP contribution is -2.33. The average Bonchev–Trinajstić information content (AvgIpc) is 2.85. The lowest BCUT2D eigenvalue weighted by molar-refractivity contribution is -0.143.